The summed E-state index contributed by atoms with van der Waals surface area (Å²) in [7, 11) is 1.45. The van der Waals surface area contributed by atoms with Gasteiger partial charge in [0.2, 0.25) is 0 Å². The number of hydrogen-bond acceptors (Lipinski definition) is 5. The number of hydrogen-bond donors (Lipinski definition) is 1. The normalized spacial score (nSPS) is 20.7. The molecule has 1 saturated heterocycles. The first-order valence-electron chi connectivity index (χ1n) is 8.13. The van der Waals surface area contributed by atoms with E-state index in [9.17, 15) is 4.79 Å². The van der Waals surface area contributed by atoms with E-state index in [-0.39, 0.29) is 41.8 Å². The number of rotatable bonds is 5. The average Bonchev–Trinajstić information content (AvgIpc) is 3.17. The van der Waals surface area contributed by atoms with Crippen LogP contribution in [0.15, 0.2) is 11.2 Å². The van der Waals surface area contributed by atoms with E-state index in [4.69, 9.17) is 9.73 Å². The van der Waals surface area contributed by atoms with Gasteiger partial charge < -0.3 is 15.0 Å². The van der Waals surface area contributed by atoms with E-state index in [1.54, 1.807) is 11.3 Å². The maximum atomic E-state index is 11.8. The van der Waals surface area contributed by atoms with Crippen LogP contribution in [0, 0.1) is 11.8 Å². The Labute approximate surface area is 165 Å². The van der Waals surface area contributed by atoms with Gasteiger partial charge in [0.1, 0.15) is 5.01 Å². The third-order valence-electron chi connectivity index (χ3n) is 4.06. The second-order valence-electron chi connectivity index (χ2n) is 5.76. The number of guanidine groups is 1. The van der Waals surface area contributed by atoms with Crippen molar-refractivity contribution < 1.29 is 9.53 Å². The Kier molecular flexibility index (Phi) is 8.96. The first-order valence-corrected chi connectivity index (χ1v) is 8.95. The Morgan fingerprint density at radius 1 is 1.50 bits per heavy atom. The monoisotopic (exact) mass is 466 g/mol. The lowest BCUT2D eigenvalue weighted by Gasteiger charge is -2.21. The predicted molar refractivity (Wildman–Crippen MR) is 108 cm³/mol. The van der Waals surface area contributed by atoms with Crippen molar-refractivity contribution in [3.8, 4) is 0 Å². The number of aliphatic imine (C=N–C) groups is 1. The van der Waals surface area contributed by atoms with Gasteiger partial charge in [-0.15, -0.1) is 35.3 Å². The molecule has 0 aromatic carbocycles. The molecule has 0 amide bonds. The quantitative estimate of drug-likeness (QED) is 0.313. The molecular formula is C16H27IN4O2S. The maximum Gasteiger partial charge on any atom is 0.310 e. The SMILES string of the molecule is CCNC(=NCc1ncc(CC)s1)N1CC(C)C(C(=O)OC)C1.I. The molecule has 1 aromatic heterocycles. The summed E-state index contributed by atoms with van der Waals surface area (Å²) in [5.41, 5.74) is 0. The maximum absolute atomic E-state index is 11.8. The number of carbonyl (C=O) groups is 1. The first-order chi connectivity index (χ1) is 11.1. The standard InChI is InChI=1S/C16H26N4O2S.HI/c1-5-12-7-18-14(23-12)8-19-16(17-6-2)20-9-11(3)13(10-20)15(21)22-4;/h7,11,13H,5-6,8-10H2,1-4H3,(H,17,19);1H. The van der Waals surface area contributed by atoms with E-state index in [2.05, 4.69) is 29.0 Å². The summed E-state index contributed by atoms with van der Waals surface area (Å²) >= 11 is 1.71. The molecule has 0 saturated carbocycles. The summed E-state index contributed by atoms with van der Waals surface area (Å²) < 4.78 is 4.90. The van der Waals surface area contributed by atoms with Crippen molar-refractivity contribution in [2.24, 2.45) is 16.8 Å². The highest BCUT2D eigenvalue weighted by atomic mass is 127. The van der Waals surface area contributed by atoms with Gasteiger partial charge in [0.15, 0.2) is 5.96 Å². The fraction of sp³-hybridized carbons (Fsp3) is 0.688. The number of thiazole rings is 1. The summed E-state index contributed by atoms with van der Waals surface area (Å²) in [5.74, 6) is 0.885. The third kappa shape index (κ3) is 5.30. The Hall–Kier alpha value is -0.900. The second kappa shape index (κ2) is 10.2. The van der Waals surface area contributed by atoms with E-state index in [0.29, 0.717) is 13.1 Å². The zero-order valence-electron chi connectivity index (χ0n) is 14.7. The summed E-state index contributed by atoms with van der Waals surface area (Å²) in [4.78, 5) is 24.4. The van der Waals surface area contributed by atoms with Crippen molar-refractivity contribution >= 4 is 47.2 Å². The van der Waals surface area contributed by atoms with Crippen LogP contribution < -0.4 is 5.32 Å². The van der Waals surface area contributed by atoms with Crippen molar-refractivity contribution in [1.82, 2.24) is 15.2 Å². The number of likely N-dealkylation sites (tertiary alicyclic amines) is 1. The molecule has 2 heterocycles. The van der Waals surface area contributed by atoms with Crippen LogP contribution in [0.25, 0.3) is 0 Å². The molecule has 2 rings (SSSR count). The number of halogens is 1. The van der Waals surface area contributed by atoms with Crippen LogP contribution in [-0.4, -0.2) is 48.6 Å². The first kappa shape index (κ1) is 21.1. The number of nitrogens with one attached hydrogen (secondary N) is 1. The van der Waals surface area contributed by atoms with Crippen LogP contribution in [0.2, 0.25) is 0 Å². The largest absolute Gasteiger partial charge is 0.469 e. The van der Waals surface area contributed by atoms with Gasteiger partial charge in [-0.2, -0.15) is 0 Å². The molecule has 6 nitrogen and oxygen atoms in total. The molecule has 1 aliphatic heterocycles. The molecule has 1 fully saturated rings. The van der Waals surface area contributed by atoms with Gasteiger partial charge in [0.05, 0.1) is 19.6 Å². The summed E-state index contributed by atoms with van der Waals surface area (Å²) in [6.07, 6.45) is 2.93. The number of nitrogens with zero attached hydrogens (tertiary/aromatic N) is 3. The third-order valence-corrected chi connectivity index (χ3v) is 5.19. The highest BCUT2D eigenvalue weighted by molar-refractivity contribution is 14.0. The van der Waals surface area contributed by atoms with Gasteiger partial charge in [-0.1, -0.05) is 13.8 Å². The molecule has 24 heavy (non-hydrogen) atoms. The fourth-order valence-electron chi connectivity index (χ4n) is 2.75. The van der Waals surface area contributed by atoms with Crippen LogP contribution in [0.3, 0.4) is 0 Å². The Morgan fingerprint density at radius 3 is 2.83 bits per heavy atom. The molecule has 0 spiro atoms. The minimum absolute atomic E-state index is 0. The molecule has 0 radical (unpaired) electrons. The van der Waals surface area contributed by atoms with E-state index in [1.807, 2.05) is 13.1 Å². The van der Waals surface area contributed by atoms with Crippen LogP contribution in [0.4, 0.5) is 0 Å². The summed E-state index contributed by atoms with van der Waals surface area (Å²) in [5, 5.41) is 4.34. The number of aryl methyl sites for hydroxylation is 1. The summed E-state index contributed by atoms with van der Waals surface area (Å²) in [6, 6.07) is 0. The lowest BCUT2D eigenvalue weighted by Crippen LogP contribution is -2.40. The average molecular weight is 466 g/mol. The van der Waals surface area contributed by atoms with Crippen molar-refractivity contribution in [2.75, 3.05) is 26.7 Å². The molecule has 1 aliphatic rings. The highest BCUT2D eigenvalue weighted by Gasteiger charge is 2.36. The van der Waals surface area contributed by atoms with Crippen molar-refractivity contribution in [2.45, 2.75) is 33.7 Å². The number of ether oxygens (including phenoxy) is 1. The lowest BCUT2D eigenvalue weighted by molar-refractivity contribution is -0.145. The van der Waals surface area contributed by atoms with Crippen LogP contribution in [-0.2, 0) is 22.5 Å². The number of methoxy groups -OCH3 is 1. The van der Waals surface area contributed by atoms with Gasteiger partial charge in [-0.3, -0.25) is 4.79 Å². The van der Waals surface area contributed by atoms with Gasteiger partial charge in [0, 0.05) is 30.7 Å². The Morgan fingerprint density at radius 2 is 2.25 bits per heavy atom. The topological polar surface area (TPSA) is 66.8 Å². The Bertz CT molecular complexity index is 564. The smallest absolute Gasteiger partial charge is 0.310 e. The van der Waals surface area contributed by atoms with Gasteiger partial charge >= 0.3 is 5.97 Å². The van der Waals surface area contributed by atoms with Crippen molar-refractivity contribution in [3.63, 3.8) is 0 Å². The van der Waals surface area contributed by atoms with Crippen molar-refractivity contribution in [1.29, 1.82) is 0 Å². The van der Waals surface area contributed by atoms with E-state index in [0.717, 1.165) is 30.5 Å². The number of esters is 1. The molecule has 2 atom stereocenters. The molecule has 1 aromatic rings. The Balaban J connectivity index is 0.00000288. The number of aromatic nitrogens is 1. The van der Waals surface area contributed by atoms with Crippen LogP contribution in [0.1, 0.15) is 30.7 Å². The summed E-state index contributed by atoms with van der Waals surface area (Å²) in [6.45, 7) is 9.08. The lowest BCUT2D eigenvalue weighted by atomic mass is 9.99. The molecule has 2 unspecified atom stereocenters. The van der Waals surface area contributed by atoms with Gasteiger partial charge in [0.25, 0.3) is 0 Å². The zero-order chi connectivity index (χ0) is 16.8. The second-order valence-corrected chi connectivity index (χ2v) is 6.96. The zero-order valence-corrected chi connectivity index (χ0v) is 17.9. The van der Waals surface area contributed by atoms with Crippen LogP contribution >= 0.6 is 35.3 Å². The van der Waals surface area contributed by atoms with Crippen LogP contribution in [0.5, 0.6) is 0 Å². The van der Waals surface area contributed by atoms with E-state index >= 15 is 0 Å². The van der Waals surface area contributed by atoms with Gasteiger partial charge in [-0.05, 0) is 19.3 Å². The molecule has 0 aliphatic carbocycles. The molecular weight excluding hydrogens is 439 g/mol. The van der Waals surface area contributed by atoms with Gasteiger partial charge in [-0.25, -0.2) is 9.98 Å². The number of carbonyl (C=O) groups excluding carboxylic acids is 1. The van der Waals surface area contributed by atoms with Crippen molar-refractivity contribution in [3.05, 3.63) is 16.1 Å². The minimum atomic E-state index is -0.136. The predicted octanol–water partition coefficient (Wildman–Crippen LogP) is 2.53. The molecule has 136 valence electrons. The fourth-order valence-corrected chi connectivity index (χ4v) is 3.54. The van der Waals surface area contributed by atoms with E-state index in [1.165, 1.54) is 12.0 Å². The molecule has 8 heteroatoms. The minimum Gasteiger partial charge on any atom is -0.469 e. The van der Waals surface area contributed by atoms with E-state index < -0.39 is 0 Å². The molecule has 0 bridgehead atoms. The highest BCUT2D eigenvalue weighted by Crippen LogP contribution is 2.24. The molecule has 1 N–H and O–H groups in total.